The molecule has 3 aromatic rings. The van der Waals surface area contributed by atoms with Crippen LogP contribution in [-0.4, -0.2) is 75.9 Å². The van der Waals surface area contributed by atoms with Crippen LogP contribution < -0.4 is 9.64 Å². The molecule has 4 rings (SSSR count). The lowest BCUT2D eigenvalue weighted by Crippen LogP contribution is -2.45. The minimum Gasteiger partial charge on any atom is -0.497 e. The van der Waals surface area contributed by atoms with Crippen molar-refractivity contribution in [2.75, 3.05) is 52.3 Å². The summed E-state index contributed by atoms with van der Waals surface area (Å²) in [5.41, 5.74) is 0.824. The lowest BCUT2D eigenvalue weighted by Gasteiger charge is -2.33. The van der Waals surface area contributed by atoms with Crippen molar-refractivity contribution in [3.63, 3.8) is 0 Å². The fourth-order valence-electron chi connectivity index (χ4n) is 4.30. The fourth-order valence-corrected chi connectivity index (χ4v) is 6.92. The minimum atomic E-state index is -3.63. The molecule has 1 saturated heterocycles. The van der Waals surface area contributed by atoms with Gasteiger partial charge in [-0.1, -0.05) is 22.9 Å². The lowest BCUT2D eigenvalue weighted by molar-refractivity contribution is -0.123. The molecule has 2 aromatic carbocycles. The van der Waals surface area contributed by atoms with Gasteiger partial charge in [0.1, 0.15) is 5.75 Å². The molecule has 0 spiro atoms. The summed E-state index contributed by atoms with van der Waals surface area (Å²) >= 11 is 7.38. The number of methoxy groups -OCH3 is 1. The van der Waals surface area contributed by atoms with Gasteiger partial charge in [0.2, 0.25) is 15.9 Å². The standard InChI is InChI=1S/C25H31ClN4O4S2/c1-28(2)13-4-14-30(25-27-22-10-7-20(34-3)17-23(22)35-25)24(31)18-11-15-29(16-12-18)36(32,33)21-8-5-19(26)6-9-21/h5-10,17-18H,4,11-16H2,1-3H3. The van der Waals surface area contributed by atoms with E-state index in [0.717, 1.165) is 28.9 Å². The third-order valence-electron chi connectivity index (χ3n) is 6.32. The maximum absolute atomic E-state index is 13.7. The largest absolute Gasteiger partial charge is 0.497 e. The van der Waals surface area contributed by atoms with Gasteiger partial charge in [-0.25, -0.2) is 13.4 Å². The summed E-state index contributed by atoms with van der Waals surface area (Å²) in [6.45, 7) is 1.99. The maximum atomic E-state index is 13.7. The number of hydrogen-bond acceptors (Lipinski definition) is 7. The molecule has 8 nitrogen and oxygen atoms in total. The average molecular weight is 551 g/mol. The van der Waals surface area contributed by atoms with E-state index in [1.165, 1.54) is 27.8 Å². The van der Waals surface area contributed by atoms with Gasteiger partial charge in [0, 0.05) is 30.6 Å². The number of hydrogen-bond donors (Lipinski definition) is 0. The van der Waals surface area contributed by atoms with Crippen molar-refractivity contribution in [3.05, 3.63) is 47.5 Å². The van der Waals surface area contributed by atoms with E-state index in [1.807, 2.05) is 32.3 Å². The molecule has 194 valence electrons. The molecule has 1 fully saturated rings. The second-order valence-corrected chi connectivity index (χ2v) is 12.5. The Hall–Kier alpha value is -2.24. The van der Waals surface area contributed by atoms with Crippen LogP contribution in [0.25, 0.3) is 10.2 Å². The molecular weight excluding hydrogens is 520 g/mol. The Bertz CT molecular complexity index is 1300. The molecule has 0 unspecified atom stereocenters. The van der Waals surface area contributed by atoms with E-state index < -0.39 is 10.0 Å². The Morgan fingerprint density at radius 2 is 1.83 bits per heavy atom. The first-order valence-electron chi connectivity index (χ1n) is 11.9. The Morgan fingerprint density at radius 1 is 1.14 bits per heavy atom. The number of nitrogens with zero attached hydrogens (tertiary/aromatic N) is 4. The second kappa shape index (κ2) is 11.4. The molecule has 36 heavy (non-hydrogen) atoms. The number of amides is 1. The van der Waals surface area contributed by atoms with Crippen LogP contribution in [0, 0.1) is 5.92 Å². The smallest absolute Gasteiger partial charge is 0.243 e. The first-order chi connectivity index (χ1) is 17.2. The first kappa shape index (κ1) is 26.8. The predicted octanol–water partition coefficient (Wildman–Crippen LogP) is 4.34. The van der Waals surface area contributed by atoms with Crippen molar-refractivity contribution in [1.82, 2.24) is 14.2 Å². The number of aromatic nitrogens is 1. The van der Waals surface area contributed by atoms with E-state index in [9.17, 15) is 13.2 Å². The van der Waals surface area contributed by atoms with Gasteiger partial charge in [-0.2, -0.15) is 4.31 Å². The number of halogens is 1. The highest BCUT2D eigenvalue weighted by Gasteiger charge is 2.35. The number of sulfonamides is 1. The topological polar surface area (TPSA) is 83.1 Å². The van der Waals surface area contributed by atoms with Crippen LogP contribution in [0.4, 0.5) is 5.13 Å². The van der Waals surface area contributed by atoms with Crippen LogP contribution in [0.3, 0.4) is 0 Å². The van der Waals surface area contributed by atoms with Crippen molar-refractivity contribution in [1.29, 1.82) is 0 Å². The van der Waals surface area contributed by atoms with Gasteiger partial charge in [-0.3, -0.25) is 9.69 Å². The third kappa shape index (κ3) is 6.00. The molecule has 1 aliphatic heterocycles. The molecule has 0 bridgehead atoms. The van der Waals surface area contributed by atoms with Gasteiger partial charge >= 0.3 is 0 Å². The van der Waals surface area contributed by atoms with Gasteiger partial charge < -0.3 is 9.64 Å². The summed E-state index contributed by atoms with van der Waals surface area (Å²) in [6.07, 6.45) is 1.74. The lowest BCUT2D eigenvalue weighted by atomic mass is 9.96. The molecule has 1 aromatic heterocycles. The van der Waals surface area contributed by atoms with Crippen LogP contribution in [0.1, 0.15) is 19.3 Å². The minimum absolute atomic E-state index is 0.00307. The highest BCUT2D eigenvalue weighted by molar-refractivity contribution is 7.89. The molecule has 0 radical (unpaired) electrons. The summed E-state index contributed by atoms with van der Waals surface area (Å²) in [5, 5.41) is 1.15. The zero-order valence-electron chi connectivity index (χ0n) is 20.7. The molecular formula is C25H31ClN4O4S2. The van der Waals surface area contributed by atoms with Crippen LogP contribution >= 0.6 is 22.9 Å². The highest BCUT2D eigenvalue weighted by Crippen LogP contribution is 2.34. The normalized spacial score (nSPS) is 15.5. The van der Waals surface area contributed by atoms with E-state index in [1.54, 1.807) is 24.1 Å². The van der Waals surface area contributed by atoms with E-state index in [4.69, 9.17) is 21.3 Å². The fraction of sp³-hybridized carbons (Fsp3) is 0.440. The molecule has 0 saturated carbocycles. The molecule has 2 heterocycles. The van der Waals surface area contributed by atoms with E-state index in [0.29, 0.717) is 42.6 Å². The van der Waals surface area contributed by atoms with E-state index in [-0.39, 0.29) is 16.7 Å². The number of thiazole rings is 1. The molecule has 0 aliphatic carbocycles. The Kier molecular flexibility index (Phi) is 8.52. The number of carbonyl (C=O) groups is 1. The van der Waals surface area contributed by atoms with Crippen molar-refractivity contribution in [2.24, 2.45) is 5.92 Å². The summed E-state index contributed by atoms with van der Waals surface area (Å²) in [4.78, 5) is 22.5. The van der Waals surface area contributed by atoms with E-state index >= 15 is 0 Å². The van der Waals surface area contributed by atoms with Crippen molar-refractivity contribution in [2.45, 2.75) is 24.2 Å². The quantitative estimate of drug-likeness (QED) is 0.394. The van der Waals surface area contributed by atoms with Crippen molar-refractivity contribution in [3.8, 4) is 5.75 Å². The number of benzene rings is 2. The SMILES string of the molecule is COc1ccc2nc(N(CCCN(C)C)C(=O)C3CCN(S(=O)(=O)c4ccc(Cl)cc4)CC3)sc2c1. The van der Waals surface area contributed by atoms with Gasteiger partial charge in [0.15, 0.2) is 5.13 Å². The number of fused-ring (bicyclic) bond motifs is 1. The van der Waals surface area contributed by atoms with Gasteiger partial charge in [0.05, 0.1) is 22.2 Å². The summed E-state index contributed by atoms with van der Waals surface area (Å²) < 4.78 is 33.9. The Labute approximate surface area is 221 Å². The van der Waals surface area contributed by atoms with Crippen molar-refractivity contribution < 1.29 is 17.9 Å². The van der Waals surface area contributed by atoms with Crippen LogP contribution in [0.15, 0.2) is 47.4 Å². The zero-order chi connectivity index (χ0) is 25.9. The van der Waals surface area contributed by atoms with Crippen LogP contribution in [-0.2, 0) is 14.8 Å². The number of anilines is 1. The van der Waals surface area contributed by atoms with Gasteiger partial charge in [0.25, 0.3) is 0 Å². The van der Waals surface area contributed by atoms with Gasteiger partial charge in [-0.15, -0.1) is 0 Å². The summed E-state index contributed by atoms with van der Waals surface area (Å²) in [5.74, 6) is 0.489. The molecule has 0 N–H and O–H groups in total. The van der Waals surface area contributed by atoms with Crippen LogP contribution in [0.2, 0.25) is 5.02 Å². The second-order valence-electron chi connectivity index (χ2n) is 9.11. The first-order valence-corrected chi connectivity index (χ1v) is 14.5. The summed E-state index contributed by atoms with van der Waals surface area (Å²) in [7, 11) is 2.01. The number of piperidine rings is 1. The Morgan fingerprint density at radius 3 is 2.47 bits per heavy atom. The summed E-state index contributed by atoms with van der Waals surface area (Å²) in [6, 6.07) is 11.9. The van der Waals surface area contributed by atoms with Gasteiger partial charge in [-0.05, 0) is 82.4 Å². The monoisotopic (exact) mass is 550 g/mol. The molecule has 1 aliphatic rings. The average Bonchev–Trinajstić information content (AvgIpc) is 3.29. The Balaban J connectivity index is 1.50. The molecule has 11 heteroatoms. The predicted molar refractivity (Wildman–Crippen MR) is 145 cm³/mol. The number of carbonyl (C=O) groups excluding carboxylic acids is 1. The third-order valence-corrected chi connectivity index (χ3v) is 9.53. The molecule has 1 amide bonds. The van der Waals surface area contributed by atoms with E-state index in [2.05, 4.69) is 4.90 Å². The van der Waals surface area contributed by atoms with Crippen molar-refractivity contribution >= 4 is 54.2 Å². The number of ether oxygens (including phenoxy) is 1. The van der Waals surface area contributed by atoms with Crippen LogP contribution in [0.5, 0.6) is 5.75 Å². The number of rotatable bonds is 9. The molecule has 0 atom stereocenters. The highest BCUT2D eigenvalue weighted by atomic mass is 35.5. The maximum Gasteiger partial charge on any atom is 0.243 e. The zero-order valence-corrected chi connectivity index (χ0v) is 23.1.